The van der Waals surface area contributed by atoms with Gasteiger partial charge < -0.3 is 16.0 Å². The van der Waals surface area contributed by atoms with Gasteiger partial charge in [0.25, 0.3) is 0 Å². The topological polar surface area (TPSA) is 58.4 Å². The van der Waals surface area contributed by atoms with Crippen LogP contribution in [0.1, 0.15) is 24.8 Å². The van der Waals surface area contributed by atoms with E-state index >= 15 is 0 Å². The van der Waals surface area contributed by atoms with Crippen LogP contribution in [0, 0.1) is 5.82 Å². The third-order valence-electron chi connectivity index (χ3n) is 3.56. The lowest BCUT2D eigenvalue weighted by molar-refractivity contribution is -0.119. The number of nitrogens with two attached hydrogens (primary N) is 1. The van der Waals surface area contributed by atoms with Crippen molar-refractivity contribution in [1.82, 2.24) is 5.32 Å². The Bertz CT molecular complexity index is 464. The van der Waals surface area contributed by atoms with E-state index < -0.39 is 6.04 Å². The van der Waals surface area contributed by atoms with E-state index in [1.165, 1.54) is 6.07 Å². The van der Waals surface area contributed by atoms with E-state index in [9.17, 15) is 9.18 Å². The molecule has 0 saturated carbocycles. The highest BCUT2D eigenvalue weighted by Gasteiger charge is 2.30. The zero-order valence-corrected chi connectivity index (χ0v) is 11.2. The Morgan fingerprint density at radius 3 is 3.00 bits per heavy atom. The molecular weight excluding hydrogens is 245 g/mol. The molecule has 104 valence electrons. The molecule has 2 rings (SSSR count). The molecule has 4 nitrogen and oxygen atoms in total. The van der Waals surface area contributed by atoms with Gasteiger partial charge in [-0.1, -0.05) is 12.1 Å². The molecular formula is C14H20FN3O. The number of carbonyl (C=O) groups excluding carboxylic acids is 1. The van der Waals surface area contributed by atoms with Crippen LogP contribution in [-0.2, 0) is 11.3 Å². The fourth-order valence-electron chi connectivity index (χ4n) is 2.71. The number of anilines is 1. The molecule has 0 spiro atoms. The van der Waals surface area contributed by atoms with Crippen molar-refractivity contribution in [3.63, 3.8) is 0 Å². The summed E-state index contributed by atoms with van der Waals surface area (Å²) in [5, 5.41) is 3.03. The standard InChI is InChI=1S/C14H20FN3O/c1-17-9-10-5-4-6-11(15)13(10)18-8-3-2-7-12(18)14(16)19/h4-6,12,17H,2-3,7-9H2,1H3,(H2,16,19). The summed E-state index contributed by atoms with van der Waals surface area (Å²) in [6, 6.07) is 4.60. The minimum absolute atomic E-state index is 0.291. The van der Waals surface area contributed by atoms with E-state index in [4.69, 9.17) is 5.73 Å². The number of piperidine rings is 1. The van der Waals surface area contributed by atoms with Crippen molar-refractivity contribution in [3.05, 3.63) is 29.6 Å². The van der Waals surface area contributed by atoms with Gasteiger partial charge >= 0.3 is 0 Å². The first kappa shape index (κ1) is 13.8. The molecule has 1 unspecified atom stereocenters. The first-order chi connectivity index (χ1) is 9.15. The summed E-state index contributed by atoms with van der Waals surface area (Å²) < 4.78 is 14.2. The van der Waals surface area contributed by atoms with Gasteiger partial charge in [-0.05, 0) is 37.9 Å². The second-order valence-corrected chi connectivity index (χ2v) is 4.89. The predicted octanol–water partition coefficient (Wildman–Crippen LogP) is 1.39. The molecule has 1 amide bonds. The molecule has 1 aliphatic heterocycles. The summed E-state index contributed by atoms with van der Waals surface area (Å²) in [5.41, 5.74) is 6.82. The average Bonchev–Trinajstić information content (AvgIpc) is 2.39. The normalized spacial score (nSPS) is 19.5. The van der Waals surface area contributed by atoms with Crippen LogP contribution in [0.5, 0.6) is 0 Å². The number of halogens is 1. The Balaban J connectivity index is 2.40. The van der Waals surface area contributed by atoms with Gasteiger partial charge in [0.2, 0.25) is 5.91 Å². The highest BCUT2D eigenvalue weighted by molar-refractivity contribution is 5.84. The summed E-state index contributed by atoms with van der Waals surface area (Å²) in [7, 11) is 1.82. The van der Waals surface area contributed by atoms with E-state index in [-0.39, 0.29) is 11.7 Å². The number of primary amides is 1. The maximum Gasteiger partial charge on any atom is 0.240 e. The van der Waals surface area contributed by atoms with E-state index in [2.05, 4.69) is 5.32 Å². The highest BCUT2D eigenvalue weighted by Crippen LogP contribution is 2.30. The van der Waals surface area contributed by atoms with E-state index in [0.717, 1.165) is 18.4 Å². The molecule has 0 aliphatic carbocycles. The van der Waals surface area contributed by atoms with Crippen LogP contribution < -0.4 is 16.0 Å². The second kappa shape index (κ2) is 6.02. The number of amides is 1. The number of hydrogen-bond donors (Lipinski definition) is 2. The molecule has 1 aromatic rings. The lowest BCUT2D eigenvalue weighted by Crippen LogP contribution is -2.48. The van der Waals surface area contributed by atoms with Crippen molar-refractivity contribution < 1.29 is 9.18 Å². The summed E-state index contributed by atoms with van der Waals surface area (Å²) in [5.74, 6) is -0.667. The zero-order chi connectivity index (χ0) is 13.8. The van der Waals surface area contributed by atoms with Crippen molar-refractivity contribution in [3.8, 4) is 0 Å². The van der Waals surface area contributed by atoms with Crippen LogP contribution in [0.3, 0.4) is 0 Å². The Labute approximate surface area is 112 Å². The molecule has 1 fully saturated rings. The van der Waals surface area contributed by atoms with Crippen LogP contribution in [0.4, 0.5) is 10.1 Å². The van der Waals surface area contributed by atoms with Crippen LogP contribution in [0.2, 0.25) is 0 Å². The number of nitrogens with one attached hydrogen (secondary N) is 1. The van der Waals surface area contributed by atoms with Crippen molar-refractivity contribution in [2.24, 2.45) is 5.73 Å². The zero-order valence-electron chi connectivity index (χ0n) is 11.2. The Morgan fingerprint density at radius 1 is 1.53 bits per heavy atom. The highest BCUT2D eigenvalue weighted by atomic mass is 19.1. The number of para-hydroxylation sites is 1. The monoisotopic (exact) mass is 265 g/mol. The maximum absolute atomic E-state index is 14.2. The van der Waals surface area contributed by atoms with Crippen molar-refractivity contribution in [2.45, 2.75) is 31.8 Å². The average molecular weight is 265 g/mol. The van der Waals surface area contributed by atoms with Gasteiger partial charge in [0.1, 0.15) is 11.9 Å². The fourth-order valence-corrected chi connectivity index (χ4v) is 2.71. The lowest BCUT2D eigenvalue weighted by Gasteiger charge is -2.37. The second-order valence-electron chi connectivity index (χ2n) is 4.89. The van der Waals surface area contributed by atoms with Gasteiger partial charge in [-0.25, -0.2) is 4.39 Å². The SMILES string of the molecule is CNCc1cccc(F)c1N1CCCCC1C(N)=O. The van der Waals surface area contributed by atoms with Crippen LogP contribution in [0.25, 0.3) is 0 Å². The van der Waals surface area contributed by atoms with Crippen LogP contribution in [-0.4, -0.2) is 25.5 Å². The summed E-state index contributed by atoms with van der Waals surface area (Å²) >= 11 is 0. The molecule has 1 aliphatic rings. The smallest absolute Gasteiger partial charge is 0.240 e. The Morgan fingerprint density at radius 2 is 2.32 bits per heavy atom. The quantitative estimate of drug-likeness (QED) is 0.865. The summed E-state index contributed by atoms with van der Waals surface area (Å²) in [6.45, 7) is 1.24. The van der Waals surface area contributed by atoms with Crippen molar-refractivity contribution in [1.29, 1.82) is 0 Å². The molecule has 1 atom stereocenters. The van der Waals surface area contributed by atoms with E-state index in [1.54, 1.807) is 6.07 Å². The number of nitrogens with zero attached hydrogens (tertiary/aromatic N) is 1. The number of benzene rings is 1. The predicted molar refractivity (Wildman–Crippen MR) is 73.3 cm³/mol. The fraction of sp³-hybridized carbons (Fsp3) is 0.500. The summed E-state index contributed by atoms with van der Waals surface area (Å²) in [6.07, 6.45) is 2.61. The van der Waals surface area contributed by atoms with Crippen LogP contribution in [0.15, 0.2) is 18.2 Å². The third-order valence-corrected chi connectivity index (χ3v) is 3.56. The van der Waals surface area contributed by atoms with Gasteiger partial charge in [-0.2, -0.15) is 0 Å². The van der Waals surface area contributed by atoms with Gasteiger partial charge in [-0.3, -0.25) is 4.79 Å². The molecule has 1 heterocycles. The first-order valence-electron chi connectivity index (χ1n) is 6.63. The first-order valence-corrected chi connectivity index (χ1v) is 6.63. The molecule has 0 radical (unpaired) electrons. The van der Waals surface area contributed by atoms with E-state index in [1.807, 2.05) is 18.0 Å². The molecule has 0 bridgehead atoms. The molecule has 1 saturated heterocycles. The molecule has 19 heavy (non-hydrogen) atoms. The van der Waals surface area contributed by atoms with Gasteiger partial charge in [0, 0.05) is 13.1 Å². The molecule has 5 heteroatoms. The Hall–Kier alpha value is -1.62. The van der Waals surface area contributed by atoms with Gasteiger partial charge in [0.05, 0.1) is 5.69 Å². The minimum atomic E-state index is -0.402. The van der Waals surface area contributed by atoms with Gasteiger partial charge in [-0.15, -0.1) is 0 Å². The number of rotatable bonds is 4. The van der Waals surface area contributed by atoms with Crippen molar-refractivity contribution >= 4 is 11.6 Å². The number of hydrogen-bond acceptors (Lipinski definition) is 3. The van der Waals surface area contributed by atoms with Crippen LogP contribution >= 0.6 is 0 Å². The molecule has 0 aromatic heterocycles. The lowest BCUT2D eigenvalue weighted by atomic mass is 9.99. The van der Waals surface area contributed by atoms with Gasteiger partial charge in [0.15, 0.2) is 0 Å². The van der Waals surface area contributed by atoms with E-state index in [0.29, 0.717) is 25.2 Å². The third kappa shape index (κ3) is 2.87. The van der Waals surface area contributed by atoms with Crippen molar-refractivity contribution in [2.75, 3.05) is 18.5 Å². The largest absolute Gasteiger partial charge is 0.368 e. The molecule has 3 N–H and O–H groups in total. The Kier molecular flexibility index (Phi) is 4.37. The number of carbonyl (C=O) groups is 1. The maximum atomic E-state index is 14.2. The minimum Gasteiger partial charge on any atom is -0.368 e. The molecule has 1 aromatic carbocycles. The summed E-state index contributed by atoms with van der Waals surface area (Å²) in [4.78, 5) is 13.4.